The van der Waals surface area contributed by atoms with Crippen LogP contribution in [0.1, 0.15) is 54.7 Å². The van der Waals surface area contributed by atoms with Crippen molar-refractivity contribution in [3.05, 3.63) is 89.0 Å². The fraction of sp³-hybridized carbons (Fsp3) is 0.321. The number of carbonyl (C=O) groups is 1. The summed E-state index contributed by atoms with van der Waals surface area (Å²) in [6.07, 6.45) is 0. The predicted octanol–water partition coefficient (Wildman–Crippen LogP) is 5.90. The van der Waals surface area contributed by atoms with E-state index in [2.05, 4.69) is 38.2 Å². The van der Waals surface area contributed by atoms with Gasteiger partial charge >= 0.3 is 0 Å². The lowest BCUT2D eigenvalue weighted by molar-refractivity contribution is 0.0950. The Kier molecular flexibility index (Phi) is 7.99. The van der Waals surface area contributed by atoms with Crippen LogP contribution < -0.4 is 19.5 Å². The SMILES string of the molecule is CCOc1ccc(C(=O)NCc2ccc(OC)cc2)cc1COc1ccc(C(C)(C)C)cc1. The Hall–Kier alpha value is -3.47. The van der Waals surface area contributed by atoms with Crippen LogP contribution >= 0.6 is 0 Å². The number of carbonyl (C=O) groups excluding carboxylic acids is 1. The molecule has 3 aromatic carbocycles. The molecule has 0 fully saturated rings. The van der Waals surface area contributed by atoms with Gasteiger partial charge in [-0.25, -0.2) is 0 Å². The van der Waals surface area contributed by atoms with Crippen LogP contribution in [0, 0.1) is 0 Å². The molecular weight excluding hydrogens is 414 g/mol. The molecule has 0 aliphatic rings. The molecule has 0 aliphatic heterocycles. The van der Waals surface area contributed by atoms with Gasteiger partial charge in [0.1, 0.15) is 23.9 Å². The van der Waals surface area contributed by atoms with Crippen molar-refractivity contribution in [1.82, 2.24) is 5.32 Å². The lowest BCUT2D eigenvalue weighted by atomic mass is 9.87. The molecule has 0 saturated carbocycles. The van der Waals surface area contributed by atoms with Crippen LogP contribution in [0.5, 0.6) is 17.2 Å². The number of nitrogens with one attached hydrogen (secondary N) is 1. The van der Waals surface area contributed by atoms with Crippen LogP contribution in [-0.2, 0) is 18.6 Å². The Labute approximate surface area is 196 Å². The summed E-state index contributed by atoms with van der Waals surface area (Å²) < 4.78 is 16.9. The standard InChI is InChI=1S/C28H33NO4/c1-6-32-26-16-9-21(27(30)29-18-20-7-12-24(31-5)13-8-20)17-22(26)19-33-25-14-10-23(11-15-25)28(2,3)4/h7-17H,6,18-19H2,1-5H3,(H,29,30). The predicted molar refractivity (Wildman–Crippen MR) is 131 cm³/mol. The zero-order valence-corrected chi connectivity index (χ0v) is 20.1. The second-order valence-corrected chi connectivity index (χ2v) is 8.85. The molecule has 3 rings (SSSR count). The fourth-order valence-corrected chi connectivity index (χ4v) is 3.37. The van der Waals surface area contributed by atoms with Crippen molar-refractivity contribution in [3.63, 3.8) is 0 Å². The molecule has 0 bridgehead atoms. The molecule has 5 nitrogen and oxygen atoms in total. The van der Waals surface area contributed by atoms with E-state index in [-0.39, 0.29) is 11.3 Å². The number of methoxy groups -OCH3 is 1. The highest BCUT2D eigenvalue weighted by atomic mass is 16.5. The van der Waals surface area contributed by atoms with Crippen LogP contribution in [0.4, 0.5) is 0 Å². The number of amides is 1. The van der Waals surface area contributed by atoms with Gasteiger partial charge in [-0.05, 0) is 65.9 Å². The molecule has 3 aromatic rings. The molecular formula is C28H33NO4. The summed E-state index contributed by atoms with van der Waals surface area (Å²) >= 11 is 0. The van der Waals surface area contributed by atoms with Gasteiger partial charge in [0, 0.05) is 17.7 Å². The first-order valence-electron chi connectivity index (χ1n) is 11.2. The number of rotatable bonds is 9. The average molecular weight is 448 g/mol. The van der Waals surface area contributed by atoms with Gasteiger partial charge in [-0.2, -0.15) is 0 Å². The van der Waals surface area contributed by atoms with E-state index in [1.54, 1.807) is 13.2 Å². The first-order chi connectivity index (χ1) is 15.8. The Balaban J connectivity index is 1.68. The molecule has 0 atom stereocenters. The van der Waals surface area contributed by atoms with E-state index in [1.807, 2.05) is 55.5 Å². The van der Waals surface area contributed by atoms with Gasteiger partial charge in [0.25, 0.3) is 5.91 Å². The van der Waals surface area contributed by atoms with Crippen LogP contribution in [0.2, 0.25) is 0 Å². The van der Waals surface area contributed by atoms with Crippen molar-refractivity contribution in [2.24, 2.45) is 0 Å². The first kappa shape index (κ1) is 24.2. The maximum atomic E-state index is 12.8. The van der Waals surface area contributed by atoms with E-state index in [0.717, 1.165) is 28.4 Å². The fourth-order valence-electron chi connectivity index (χ4n) is 3.37. The number of ether oxygens (including phenoxy) is 3. The molecule has 174 valence electrons. The Morgan fingerprint density at radius 3 is 2.15 bits per heavy atom. The zero-order chi connectivity index (χ0) is 23.8. The molecule has 0 saturated heterocycles. The summed E-state index contributed by atoms with van der Waals surface area (Å²) in [5.74, 6) is 2.13. The van der Waals surface area contributed by atoms with E-state index < -0.39 is 0 Å². The van der Waals surface area contributed by atoms with E-state index in [0.29, 0.717) is 25.3 Å². The minimum Gasteiger partial charge on any atom is -0.497 e. The summed E-state index contributed by atoms with van der Waals surface area (Å²) in [5.41, 5.74) is 3.73. The second-order valence-electron chi connectivity index (χ2n) is 8.85. The molecule has 0 aliphatic carbocycles. The van der Waals surface area contributed by atoms with Crippen molar-refractivity contribution in [1.29, 1.82) is 0 Å². The molecule has 0 unspecified atom stereocenters. The normalized spacial score (nSPS) is 11.1. The lowest BCUT2D eigenvalue weighted by Crippen LogP contribution is -2.23. The molecule has 0 radical (unpaired) electrons. The highest BCUT2D eigenvalue weighted by Crippen LogP contribution is 2.26. The third-order valence-electron chi connectivity index (χ3n) is 5.35. The van der Waals surface area contributed by atoms with Crippen molar-refractivity contribution < 1.29 is 19.0 Å². The van der Waals surface area contributed by atoms with Gasteiger partial charge in [0.2, 0.25) is 0 Å². The maximum Gasteiger partial charge on any atom is 0.251 e. The minimum absolute atomic E-state index is 0.0914. The van der Waals surface area contributed by atoms with E-state index in [4.69, 9.17) is 14.2 Å². The molecule has 33 heavy (non-hydrogen) atoms. The molecule has 5 heteroatoms. The van der Waals surface area contributed by atoms with Gasteiger partial charge in [0.15, 0.2) is 0 Å². The highest BCUT2D eigenvalue weighted by molar-refractivity contribution is 5.94. The molecule has 0 heterocycles. The third-order valence-corrected chi connectivity index (χ3v) is 5.35. The lowest BCUT2D eigenvalue weighted by Gasteiger charge is -2.19. The van der Waals surface area contributed by atoms with Gasteiger partial charge < -0.3 is 19.5 Å². The number of hydrogen-bond donors (Lipinski definition) is 1. The number of hydrogen-bond acceptors (Lipinski definition) is 4. The van der Waals surface area contributed by atoms with Gasteiger partial charge in [-0.15, -0.1) is 0 Å². The average Bonchev–Trinajstić information content (AvgIpc) is 2.82. The van der Waals surface area contributed by atoms with E-state index in [1.165, 1.54) is 5.56 Å². The first-order valence-corrected chi connectivity index (χ1v) is 11.2. The smallest absolute Gasteiger partial charge is 0.251 e. The van der Waals surface area contributed by atoms with Crippen LogP contribution in [0.3, 0.4) is 0 Å². The van der Waals surface area contributed by atoms with Crippen LogP contribution in [0.15, 0.2) is 66.7 Å². The second kappa shape index (κ2) is 10.9. The highest BCUT2D eigenvalue weighted by Gasteiger charge is 2.14. The van der Waals surface area contributed by atoms with E-state index >= 15 is 0 Å². The zero-order valence-electron chi connectivity index (χ0n) is 20.1. The Morgan fingerprint density at radius 1 is 0.879 bits per heavy atom. The Bertz CT molecular complexity index is 1050. The number of benzene rings is 3. The third kappa shape index (κ3) is 6.75. The molecule has 1 N–H and O–H groups in total. The summed E-state index contributed by atoms with van der Waals surface area (Å²) in [6.45, 7) is 9.76. The van der Waals surface area contributed by atoms with Crippen molar-refractivity contribution in [2.45, 2.75) is 46.3 Å². The van der Waals surface area contributed by atoms with Gasteiger partial charge in [0.05, 0.1) is 13.7 Å². The quantitative estimate of drug-likeness (QED) is 0.444. The maximum absolute atomic E-state index is 12.8. The topological polar surface area (TPSA) is 56.8 Å². The summed E-state index contributed by atoms with van der Waals surface area (Å²) in [4.78, 5) is 12.8. The van der Waals surface area contributed by atoms with Gasteiger partial charge in [-0.1, -0.05) is 45.0 Å². The summed E-state index contributed by atoms with van der Waals surface area (Å²) in [6, 6.07) is 21.2. The van der Waals surface area contributed by atoms with E-state index in [9.17, 15) is 4.79 Å². The van der Waals surface area contributed by atoms with Crippen molar-refractivity contribution >= 4 is 5.91 Å². The largest absolute Gasteiger partial charge is 0.497 e. The summed E-state index contributed by atoms with van der Waals surface area (Å²) in [7, 11) is 1.63. The molecule has 0 aromatic heterocycles. The Morgan fingerprint density at radius 2 is 1.55 bits per heavy atom. The van der Waals surface area contributed by atoms with Crippen molar-refractivity contribution in [3.8, 4) is 17.2 Å². The summed E-state index contributed by atoms with van der Waals surface area (Å²) in [5, 5.41) is 2.96. The van der Waals surface area contributed by atoms with Crippen molar-refractivity contribution in [2.75, 3.05) is 13.7 Å². The van der Waals surface area contributed by atoms with Crippen LogP contribution in [-0.4, -0.2) is 19.6 Å². The minimum atomic E-state index is -0.148. The monoisotopic (exact) mass is 447 g/mol. The molecule has 1 amide bonds. The molecule has 0 spiro atoms. The van der Waals surface area contributed by atoms with Crippen LogP contribution in [0.25, 0.3) is 0 Å². The van der Waals surface area contributed by atoms with Gasteiger partial charge in [-0.3, -0.25) is 4.79 Å².